The molecular formula is C12H24N2O2S. The molecule has 17 heavy (non-hydrogen) atoms. The first-order valence-corrected chi connectivity index (χ1v) is 8.55. The zero-order chi connectivity index (χ0) is 12.1. The van der Waals surface area contributed by atoms with Crippen molar-refractivity contribution in [2.24, 2.45) is 0 Å². The molecule has 4 nitrogen and oxygen atoms in total. The third-order valence-corrected chi connectivity index (χ3v) is 6.17. The van der Waals surface area contributed by atoms with E-state index in [0.717, 1.165) is 45.6 Å². The van der Waals surface area contributed by atoms with Crippen LogP contribution in [0.4, 0.5) is 0 Å². The van der Waals surface area contributed by atoms with E-state index in [2.05, 4.69) is 10.2 Å². The van der Waals surface area contributed by atoms with Crippen molar-refractivity contribution >= 4 is 9.84 Å². The molecule has 0 aromatic carbocycles. The standard InChI is InChI=1S/C12H24N2O2S/c15-17(16,12-4-6-13-7-5-12)11-10-14-8-2-1-3-9-14/h12-13H,1-11H2. The van der Waals surface area contributed by atoms with Crippen LogP contribution < -0.4 is 5.32 Å². The van der Waals surface area contributed by atoms with Crippen molar-refractivity contribution < 1.29 is 8.42 Å². The molecule has 1 N–H and O–H groups in total. The zero-order valence-electron chi connectivity index (χ0n) is 10.5. The smallest absolute Gasteiger partial charge is 0.154 e. The van der Waals surface area contributed by atoms with Crippen LogP contribution in [0.25, 0.3) is 0 Å². The van der Waals surface area contributed by atoms with Gasteiger partial charge in [0.05, 0.1) is 11.0 Å². The lowest BCUT2D eigenvalue weighted by molar-refractivity contribution is 0.241. The highest BCUT2D eigenvalue weighted by molar-refractivity contribution is 7.92. The molecule has 2 aliphatic heterocycles. The van der Waals surface area contributed by atoms with E-state index in [4.69, 9.17) is 0 Å². The average molecular weight is 260 g/mol. The van der Waals surface area contributed by atoms with Crippen molar-refractivity contribution in [1.29, 1.82) is 0 Å². The van der Waals surface area contributed by atoms with Crippen LogP contribution in [0.15, 0.2) is 0 Å². The third kappa shape index (κ3) is 3.93. The van der Waals surface area contributed by atoms with E-state index in [1.165, 1.54) is 19.3 Å². The first-order chi connectivity index (χ1) is 8.18. The maximum absolute atomic E-state index is 12.2. The first kappa shape index (κ1) is 13.3. The van der Waals surface area contributed by atoms with Crippen LogP contribution in [-0.4, -0.2) is 57.0 Å². The summed E-state index contributed by atoms with van der Waals surface area (Å²) in [6, 6.07) is 0. The molecule has 0 aliphatic carbocycles. The molecular weight excluding hydrogens is 236 g/mol. The molecule has 5 heteroatoms. The van der Waals surface area contributed by atoms with Gasteiger partial charge in [-0.3, -0.25) is 0 Å². The van der Waals surface area contributed by atoms with Crippen LogP contribution in [0.1, 0.15) is 32.1 Å². The van der Waals surface area contributed by atoms with Crippen LogP contribution in [0, 0.1) is 0 Å². The predicted octanol–water partition coefficient (Wildman–Crippen LogP) is 0.639. The molecule has 0 radical (unpaired) electrons. The van der Waals surface area contributed by atoms with E-state index in [1.54, 1.807) is 0 Å². The summed E-state index contributed by atoms with van der Waals surface area (Å²) in [4.78, 5) is 2.31. The average Bonchev–Trinajstić information content (AvgIpc) is 2.39. The second kappa shape index (κ2) is 6.16. The topological polar surface area (TPSA) is 49.4 Å². The molecule has 0 bridgehead atoms. The number of nitrogens with zero attached hydrogens (tertiary/aromatic N) is 1. The van der Waals surface area contributed by atoms with E-state index >= 15 is 0 Å². The maximum atomic E-state index is 12.2. The molecule has 0 unspecified atom stereocenters. The van der Waals surface area contributed by atoms with Gasteiger partial charge in [0.15, 0.2) is 9.84 Å². The van der Waals surface area contributed by atoms with Crippen molar-refractivity contribution in [2.75, 3.05) is 38.5 Å². The number of piperidine rings is 2. The molecule has 2 aliphatic rings. The van der Waals surface area contributed by atoms with E-state index in [-0.39, 0.29) is 5.25 Å². The number of likely N-dealkylation sites (tertiary alicyclic amines) is 1. The highest BCUT2D eigenvalue weighted by atomic mass is 32.2. The summed E-state index contributed by atoms with van der Waals surface area (Å²) in [5.41, 5.74) is 0. The Labute approximate surface area is 105 Å². The Morgan fingerprint density at radius 3 is 2.35 bits per heavy atom. The second-order valence-corrected chi connectivity index (χ2v) is 7.62. The SMILES string of the molecule is O=S(=O)(CCN1CCCCC1)C1CCNCC1. The van der Waals surface area contributed by atoms with Gasteiger partial charge in [0.2, 0.25) is 0 Å². The van der Waals surface area contributed by atoms with Gasteiger partial charge in [0, 0.05) is 6.54 Å². The minimum absolute atomic E-state index is 0.0893. The van der Waals surface area contributed by atoms with Gasteiger partial charge < -0.3 is 10.2 Å². The van der Waals surface area contributed by atoms with E-state index < -0.39 is 9.84 Å². The van der Waals surface area contributed by atoms with Crippen molar-refractivity contribution in [1.82, 2.24) is 10.2 Å². The highest BCUT2D eigenvalue weighted by Gasteiger charge is 2.27. The van der Waals surface area contributed by atoms with Crippen molar-refractivity contribution in [3.8, 4) is 0 Å². The minimum Gasteiger partial charge on any atom is -0.317 e. The Balaban J connectivity index is 1.79. The van der Waals surface area contributed by atoms with Gasteiger partial charge in [-0.15, -0.1) is 0 Å². The van der Waals surface area contributed by atoms with Crippen molar-refractivity contribution in [3.63, 3.8) is 0 Å². The monoisotopic (exact) mass is 260 g/mol. The fourth-order valence-corrected chi connectivity index (χ4v) is 4.56. The largest absolute Gasteiger partial charge is 0.317 e. The Kier molecular flexibility index (Phi) is 4.82. The van der Waals surface area contributed by atoms with E-state index in [1.807, 2.05) is 0 Å². The summed E-state index contributed by atoms with van der Waals surface area (Å²) in [5, 5.41) is 3.13. The highest BCUT2D eigenvalue weighted by Crippen LogP contribution is 2.15. The Morgan fingerprint density at radius 1 is 1.06 bits per heavy atom. The summed E-state index contributed by atoms with van der Waals surface area (Å²) in [6.07, 6.45) is 5.35. The quantitative estimate of drug-likeness (QED) is 0.806. The van der Waals surface area contributed by atoms with Crippen LogP contribution in [0.3, 0.4) is 0 Å². The van der Waals surface area contributed by atoms with Crippen LogP contribution >= 0.6 is 0 Å². The van der Waals surface area contributed by atoms with Crippen molar-refractivity contribution in [3.05, 3.63) is 0 Å². The summed E-state index contributed by atoms with van der Waals surface area (Å²) >= 11 is 0. The fraction of sp³-hybridized carbons (Fsp3) is 1.00. The van der Waals surface area contributed by atoms with Gasteiger partial charge in [-0.05, 0) is 51.9 Å². The molecule has 2 fully saturated rings. The van der Waals surface area contributed by atoms with Crippen LogP contribution in [0.2, 0.25) is 0 Å². The lowest BCUT2D eigenvalue weighted by atomic mass is 10.1. The van der Waals surface area contributed by atoms with Gasteiger partial charge in [-0.2, -0.15) is 0 Å². The molecule has 0 aromatic rings. The van der Waals surface area contributed by atoms with Gasteiger partial charge in [-0.1, -0.05) is 6.42 Å². The Bertz CT molecular complexity index is 317. The molecule has 2 rings (SSSR count). The zero-order valence-corrected chi connectivity index (χ0v) is 11.3. The summed E-state index contributed by atoms with van der Waals surface area (Å²) < 4.78 is 24.3. The second-order valence-electron chi connectivity index (χ2n) is 5.22. The molecule has 0 spiro atoms. The van der Waals surface area contributed by atoms with Crippen LogP contribution in [0.5, 0.6) is 0 Å². The molecule has 0 aromatic heterocycles. The predicted molar refractivity (Wildman–Crippen MR) is 70.0 cm³/mol. The molecule has 0 saturated carbocycles. The summed E-state index contributed by atoms with van der Waals surface area (Å²) in [6.45, 7) is 4.62. The van der Waals surface area contributed by atoms with Gasteiger partial charge in [-0.25, -0.2) is 8.42 Å². The van der Waals surface area contributed by atoms with Gasteiger partial charge >= 0.3 is 0 Å². The lowest BCUT2D eigenvalue weighted by Crippen LogP contribution is -2.40. The van der Waals surface area contributed by atoms with Gasteiger partial charge in [0.25, 0.3) is 0 Å². The van der Waals surface area contributed by atoms with E-state index in [0.29, 0.717) is 5.75 Å². The number of nitrogens with one attached hydrogen (secondary N) is 1. The number of sulfone groups is 1. The van der Waals surface area contributed by atoms with Crippen molar-refractivity contribution in [2.45, 2.75) is 37.4 Å². The normalized spacial score (nSPS) is 24.9. The third-order valence-electron chi connectivity index (χ3n) is 3.93. The number of hydrogen-bond donors (Lipinski definition) is 1. The number of hydrogen-bond acceptors (Lipinski definition) is 4. The number of rotatable bonds is 4. The summed E-state index contributed by atoms with van der Waals surface area (Å²) in [7, 11) is -2.86. The minimum atomic E-state index is -2.86. The Morgan fingerprint density at radius 2 is 1.71 bits per heavy atom. The summed E-state index contributed by atoms with van der Waals surface area (Å²) in [5.74, 6) is 0.359. The van der Waals surface area contributed by atoms with E-state index in [9.17, 15) is 8.42 Å². The lowest BCUT2D eigenvalue weighted by Gasteiger charge is -2.28. The Hall–Kier alpha value is -0.130. The molecule has 2 saturated heterocycles. The maximum Gasteiger partial charge on any atom is 0.154 e. The molecule has 100 valence electrons. The van der Waals surface area contributed by atoms with Gasteiger partial charge in [0.1, 0.15) is 0 Å². The molecule has 2 heterocycles. The van der Waals surface area contributed by atoms with Crippen LogP contribution in [-0.2, 0) is 9.84 Å². The fourth-order valence-electron chi connectivity index (χ4n) is 2.76. The molecule has 0 amide bonds. The first-order valence-electron chi connectivity index (χ1n) is 6.83. The molecule has 0 atom stereocenters.